The number of benzene rings is 1. The Morgan fingerprint density at radius 2 is 2.05 bits per heavy atom. The average Bonchev–Trinajstić information content (AvgIpc) is 2.45. The van der Waals surface area contributed by atoms with E-state index in [1.54, 1.807) is 6.07 Å². The van der Waals surface area contributed by atoms with Crippen LogP contribution in [0.3, 0.4) is 0 Å². The summed E-state index contributed by atoms with van der Waals surface area (Å²) < 4.78 is 49.6. The molecule has 8 heteroatoms. The van der Waals surface area contributed by atoms with Gasteiger partial charge in [0.1, 0.15) is 23.9 Å². The third kappa shape index (κ3) is 3.74. The molecule has 0 aliphatic heterocycles. The minimum atomic E-state index is -1.74. The standard InChI is InChI=1S/C13H7F3N2O3/c1-2-10(19)21-11(3-4-17)20-9-5-8(14)7(6-18)12(15)13(9)16/h2,5,11H,1,3H2. The minimum Gasteiger partial charge on any atom is -0.450 e. The minimum absolute atomic E-state index is 0.420. The zero-order valence-corrected chi connectivity index (χ0v) is 10.4. The van der Waals surface area contributed by atoms with Crippen LogP contribution in [0, 0.1) is 40.1 Å². The molecule has 21 heavy (non-hydrogen) atoms. The van der Waals surface area contributed by atoms with E-state index in [0.29, 0.717) is 6.07 Å². The summed E-state index contributed by atoms with van der Waals surface area (Å²) in [5.74, 6) is -6.62. The second-order valence-corrected chi connectivity index (χ2v) is 3.52. The van der Waals surface area contributed by atoms with Crippen molar-refractivity contribution in [3.63, 3.8) is 0 Å². The van der Waals surface area contributed by atoms with Gasteiger partial charge in [0.2, 0.25) is 5.82 Å². The van der Waals surface area contributed by atoms with Crippen LogP contribution >= 0.6 is 0 Å². The molecule has 1 aromatic carbocycles. The Bertz CT molecular complexity index is 662. The largest absolute Gasteiger partial charge is 0.450 e. The summed E-state index contributed by atoms with van der Waals surface area (Å²) in [6.07, 6.45) is -1.33. The number of halogens is 3. The van der Waals surface area contributed by atoms with E-state index < -0.39 is 47.4 Å². The maximum atomic E-state index is 13.6. The molecule has 0 spiro atoms. The van der Waals surface area contributed by atoms with Gasteiger partial charge in [-0.1, -0.05) is 6.58 Å². The topological polar surface area (TPSA) is 83.1 Å². The van der Waals surface area contributed by atoms with Crippen molar-refractivity contribution in [1.82, 2.24) is 0 Å². The number of ether oxygens (including phenoxy) is 2. The van der Waals surface area contributed by atoms with E-state index in [4.69, 9.17) is 15.3 Å². The molecular formula is C13H7F3N2O3. The highest BCUT2D eigenvalue weighted by molar-refractivity contribution is 5.81. The van der Waals surface area contributed by atoms with Crippen LogP contribution in [0.4, 0.5) is 13.2 Å². The maximum Gasteiger partial charge on any atom is 0.333 e. The molecule has 0 N–H and O–H groups in total. The van der Waals surface area contributed by atoms with Crippen molar-refractivity contribution in [3.8, 4) is 17.9 Å². The van der Waals surface area contributed by atoms with Crippen LogP contribution in [0.5, 0.6) is 5.75 Å². The second kappa shape index (κ2) is 6.96. The lowest BCUT2D eigenvalue weighted by atomic mass is 10.2. The van der Waals surface area contributed by atoms with Gasteiger partial charge in [0.15, 0.2) is 11.6 Å². The fourth-order valence-corrected chi connectivity index (χ4v) is 1.26. The van der Waals surface area contributed by atoms with Gasteiger partial charge in [-0.25, -0.2) is 13.6 Å². The summed E-state index contributed by atoms with van der Waals surface area (Å²) in [6, 6.07) is 3.16. The highest BCUT2D eigenvalue weighted by Crippen LogP contribution is 2.26. The molecule has 1 atom stereocenters. The summed E-state index contributed by atoms with van der Waals surface area (Å²) in [5.41, 5.74) is -1.11. The fourth-order valence-electron chi connectivity index (χ4n) is 1.26. The third-order valence-corrected chi connectivity index (χ3v) is 2.17. The highest BCUT2D eigenvalue weighted by Gasteiger charge is 2.23. The Hall–Kier alpha value is -3.00. The molecule has 0 fully saturated rings. The van der Waals surface area contributed by atoms with Crippen molar-refractivity contribution < 1.29 is 27.4 Å². The monoisotopic (exact) mass is 296 g/mol. The molecule has 0 heterocycles. The van der Waals surface area contributed by atoms with Crippen molar-refractivity contribution in [2.24, 2.45) is 0 Å². The van der Waals surface area contributed by atoms with E-state index in [-0.39, 0.29) is 0 Å². The quantitative estimate of drug-likeness (QED) is 0.360. The van der Waals surface area contributed by atoms with Crippen LogP contribution in [0.2, 0.25) is 0 Å². The molecule has 0 amide bonds. The molecule has 0 bridgehead atoms. The fraction of sp³-hybridized carbons (Fsp3) is 0.154. The summed E-state index contributed by atoms with van der Waals surface area (Å²) in [7, 11) is 0. The van der Waals surface area contributed by atoms with Crippen LogP contribution in [-0.4, -0.2) is 12.3 Å². The Labute approximate surface area is 117 Å². The van der Waals surface area contributed by atoms with Gasteiger partial charge < -0.3 is 9.47 Å². The van der Waals surface area contributed by atoms with Crippen LogP contribution in [0.15, 0.2) is 18.7 Å². The Morgan fingerprint density at radius 3 is 2.57 bits per heavy atom. The predicted octanol–water partition coefficient (Wildman–Crippen LogP) is 2.32. The van der Waals surface area contributed by atoms with Crippen molar-refractivity contribution in [1.29, 1.82) is 10.5 Å². The van der Waals surface area contributed by atoms with E-state index >= 15 is 0 Å². The van der Waals surface area contributed by atoms with Gasteiger partial charge in [0, 0.05) is 12.1 Å². The molecule has 0 saturated carbocycles. The zero-order valence-electron chi connectivity index (χ0n) is 10.4. The number of hydrogen-bond acceptors (Lipinski definition) is 5. The summed E-state index contributed by atoms with van der Waals surface area (Å²) in [4.78, 5) is 11.0. The van der Waals surface area contributed by atoms with E-state index in [2.05, 4.69) is 11.3 Å². The van der Waals surface area contributed by atoms with Crippen LogP contribution in [-0.2, 0) is 9.53 Å². The smallest absolute Gasteiger partial charge is 0.333 e. The SMILES string of the molecule is C=CC(=O)OC(CC#N)Oc1cc(F)c(C#N)c(F)c1F. The van der Waals surface area contributed by atoms with Crippen LogP contribution < -0.4 is 4.74 Å². The number of hydrogen-bond donors (Lipinski definition) is 0. The van der Waals surface area contributed by atoms with Gasteiger partial charge in [-0.2, -0.15) is 14.9 Å². The lowest BCUT2D eigenvalue weighted by molar-refractivity contribution is -0.157. The van der Waals surface area contributed by atoms with Crippen molar-refractivity contribution in [3.05, 3.63) is 41.7 Å². The molecule has 0 aliphatic carbocycles. The van der Waals surface area contributed by atoms with Crippen LogP contribution in [0.1, 0.15) is 12.0 Å². The van der Waals surface area contributed by atoms with Crippen molar-refractivity contribution in [2.75, 3.05) is 0 Å². The second-order valence-electron chi connectivity index (χ2n) is 3.52. The summed E-state index contributed by atoms with van der Waals surface area (Å²) in [5, 5.41) is 17.0. The van der Waals surface area contributed by atoms with Crippen molar-refractivity contribution >= 4 is 5.97 Å². The van der Waals surface area contributed by atoms with Gasteiger partial charge in [-0.3, -0.25) is 0 Å². The molecule has 0 saturated heterocycles. The van der Waals surface area contributed by atoms with Gasteiger partial charge in [-0.05, 0) is 0 Å². The number of esters is 1. The first-order valence-corrected chi connectivity index (χ1v) is 5.38. The third-order valence-electron chi connectivity index (χ3n) is 2.17. The molecule has 0 aromatic heterocycles. The van der Waals surface area contributed by atoms with Gasteiger partial charge in [-0.15, -0.1) is 0 Å². The molecule has 0 radical (unpaired) electrons. The van der Waals surface area contributed by atoms with E-state index in [0.717, 1.165) is 12.1 Å². The van der Waals surface area contributed by atoms with Crippen LogP contribution in [0.25, 0.3) is 0 Å². The molecule has 1 rings (SSSR count). The molecule has 1 unspecified atom stereocenters. The number of nitriles is 2. The molecular weight excluding hydrogens is 289 g/mol. The highest BCUT2D eigenvalue weighted by atomic mass is 19.2. The predicted molar refractivity (Wildman–Crippen MR) is 62.0 cm³/mol. The van der Waals surface area contributed by atoms with Gasteiger partial charge in [0.25, 0.3) is 6.29 Å². The Kier molecular flexibility index (Phi) is 5.32. The number of rotatable bonds is 5. The Morgan fingerprint density at radius 1 is 1.38 bits per heavy atom. The number of carbonyl (C=O) groups is 1. The molecule has 108 valence electrons. The number of carbonyl (C=O) groups excluding carboxylic acids is 1. The first kappa shape index (κ1) is 16.1. The van der Waals surface area contributed by atoms with Crippen molar-refractivity contribution in [2.45, 2.75) is 12.7 Å². The van der Waals surface area contributed by atoms with E-state index in [1.807, 2.05) is 0 Å². The maximum absolute atomic E-state index is 13.6. The lowest BCUT2D eigenvalue weighted by Gasteiger charge is -2.17. The lowest BCUT2D eigenvalue weighted by Crippen LogP contribution is -2.23. The molecule has 1 aromatic rings. The first-order valence-electron chi connectivity index (χ1n) is 5.38. The first-order chi connectivity index (χ1) is 9.94. The van der Waals surface area contributed by atoms with Gasteiger partial charge >= 0.3 is 5.97 Å². The normalized spacial score (nSPS) is 10.9. The molecule has 0 aliphatic rings. The zero-order chi connectivity index (χ0) is 16.0. The van der Waals surface area contributed by atoms with E-state index in [1.165, 1.54) is 0 Å². The molecule has 5 nitrogen and oxygen atoms in total. The summed E-state index contributed by atoms with van der Waals surface area (Å²) in [6.45, 7) is 3.11. The summed E-state index contributed by atoms with van der Waals surface area (Å²) >= 11 is 0. The van der Waals surface area contributed by atoms with Gasteiger partial charge in [0.05, 0.1) is 6.07 Å². The Balaban J connectivity index is 3.10. The number of nitrogens with zero attached hydrogens (tertiary/aromatic N) is 2. The average molecular weight is 296 g/mol. The van der Waals surface area contributed by atoms with E-state index in [9.17, 15) is 18.0 Å².